The highest BCUT2D eigenvalue weighted by Gasteiger charge is 2.29. The van der Waals surface area contributed by atoms with E-state index in [9.17, 15) is 4.79 Å². The van der Waals surface area contributed by atoms with Crippen LogP contribution in [0.4, 0.5) is 4.79 Å². The Morgan fingerprint density at radius 2 is 2.08 bits per heavy atom. The van der Waals surface area contributed by atoms with Gasteiger partial charge in [-0.2, -0.15) is 5.10 Å². The Hall–Kier alpha value is -2.31. The molecule has 1 atom stereocenters. The van der Waals surface area contributed by atoms with E-state index in [1.807, 2.05) is 23.4 Å². The molecular weight excluding hydrogens is 316 g/mol. The summed E-state index contributed by atoms with van der Waals surface area (Å²) in [7, 11) is 0. The fraction of sp³-hybridized carbons (Fsp3) is 0.611. The monoisotopic (exact) mass is 342 g/mol. The number of H-pyrrole nitrogens is 1. The molecule has 0 bridgehead atoms. The first-order chi connectivity index (χ1) is 12.3. The van der Waals surface area contributed by atoms with Gasteiger partial charge in [-0.05, 0) is 38.2 Å². The fourth-order valence-corrected chi connectivity index (χ4v) is 4.03. The van der Waals surface area contributed by atoms with Crippen LogP contribution in [0.1, 0.15) is 68.5 Å². The maximum absolute atomic E-state index is 12.7. The van der Waals surface area contributed by atoms with Gasteiger partial charge < -0.3 is 15.2 Å². The lowest BCUT2D eigenvalue weighted by molar-refractivity contribution is 0.147. The van der Waals surface area contributed by atoms with Crippen molar-refractivity contribution in [2.75, 3.05) is 6.54 Å². The van der Waals surface area contributed by atoms with Gasteiger partial charge in [-0.25, -0.2) is 9.78 Å². The number of carbonyl (C=O) groups excluding carboxylic acids is 1. The molecule has 0 radical (unpaired) electrons. The van der Waals surface area contributed by atoms with Gasteiger partial charge in [0, 0.05) is 25.1 Å². The molecule has 2 N–H and O–H groups in total. The number of hydrogen-bond donors (Lipinski definition) is 2. The zero-order valence-corrected chi connectivity index (χ0v) is 14.5. The molecule has 1 unspecified atom stereocenters. The highest BCUT2D eigenvalue weighted by molar-refractivity contribution is 5.74. The number of likely N-dealkylation sites (tertiary alicyclic amines) is 1. The SMILES string of the molecule is O=C(NCc1ccn(C2CCCC2)n1)N1CCCCC1c1ncc[nH]1. The highest BCUT2D eigenvalue weighted by atomic mass is 16.2. The maximum atomic E-state index is 12.7. The Kier molecular flexibility index (Phi) is 4.72. The molecule has 1 aliphatic heterocycles. The van der Waals surface area contributed by atoms with Crippen LogP contribution in [0.5, 0.6) is 0 Å². The normalized spacial score (nSPS) is 21.6. The van der Waals surface area contributed by atoms with E-state index in [1.54, 1.807) is 6.20 Å². The molecule has 2 fully saturated rings. The third-order valence-electron chi connectivity index (χ3n) is 5.38. The third kappa shape index (κ3) is 3.55. The molecule has 7 heteroatoms. The zero-order valence-electron chi connectivity index (χ0n) is 14.5. The Morgan fingerprint density at radius 3 is 2.88 bits per heavy atom. The zero-order chi connectivity index (χ0) is 17.1. The Bertz CT molecular complexity index is 688. The van der Waals surface area contributed by atoms with Crippen molar-refractivity contribution in [3.05, 3.63) is 36.2 Å². The molecule has 2 aromatic rings. The number of imidazole rings is 1. The molecule has 2 aromatic heterocycles. The predicted octanol–water partition coefficient (Wildman–Crippen LogP) is 3.16. The largest absolute Gasteiger partial charge is 0.347 e. The van der Waals surface area contributed by atoms with Crippen molar-refractivity contribution >= 4 is 6.03 Å². The molecule has 2 aliphatic rings. The minimum absolute atomic E-state index is 0.0310. The minimum Gasteiger partial charge on any atom is -0.347 e. The molecule has 0 aromatic carbocycles. The second-order valence-electron chi connectivity index (χ2n) is 7.06. The molecule has 1 saturated heterocycles. The summed E-state index contributed by atoms with van der Waals surface area (Å²) < 4.78 is 2.07. The fourth-order valence-electron chi connectivity index (χ4n) is 4.03. The number of aromatic nitrogens is 4. The summed E-state index contributed by atoms with van der Waals surface area (Å²) in [6.07, 6.45) is 13.7. The molecule has 0 spiro atoms. The number of urea groups is 1. The van der Waals surface area contributed by atoms with Crippen molar-refractivity contribution in [2.45, 2.75) is 63.6 Å². The Balaban J connectivity index is 1.36. The van der Waals surface area contributed by atoms with Crippen LogP contribution >= 0.6 is 0 Å². The van der Waals surface area contributed by atoms with Gasteiger partial charge in [-0.3, -0.25) is 4.68 Å². The summed E-state index contributed by atoms with van der Waals surface area (Å²) in [4.78, 5) is 22.1. The second kappa shape index (κ2) is 7.29. The summed E-state index contributed by atoms with van der Waals surface area (Å²) in [5.41, 5.74) is 0.923. The number of hydrogen-bond acceptors (Lipinski definition) is 3. The van der Waals surface area contributed by atoms with E-state index in [0.717, 1.165) is 37.3 Å². The highest BCUT2D eigenvalue weighted by Crippen LogP contribution is 2.29. The van der Waals surface area contributed by atoms with Crippen LogP contribution in [-0.2, 0) is 6.54 Å². The van der Waals surface area contributed by atoms with Crippen molar-refractivity contribution in [2.24, 2.45) is 0 Å². The second-order valence-corrected chi connectivity index (χ2v) is 7.06. The quantitative estimate of drug-likeness (QED) is 0.896. The smallest absolute Gasteiger partial charge is 0.318 e. The number of nitrogens with zero attached hydrogens (tertiary/aromatic N) is 4. The topological polar surface area (TPSA) is 78.8 Å². The van der Waals surface area contributed by atoms with Crippen molar-refractivity contribution in [3.63, 3.8) is 0 Å². The third-order valence-corrected chi connectivity index (χ3v) is 5.38. The molecule has 134 valence electrons. The molecule has 2 amide bonds. The molecule has 1 aliphatic carbocycles. The summed E-state index contributed by atoms with van der Waals surface area (Å²) in [6, 6.07) is 2.56. The van der Waals surface area contributed by atoms with Crippen molar-refractivity contribution in [1.29, 1.82) is 0 Å². The summed E-state index contributed by atoms with van der Waals surface area (Å²) in [6.45, 7) is 1.24. The molecule has 1 saturated carbocycles. The van der Waals surface area contributed by atoms with Crippen LogP contribution < -0.4 is 5.32 Å². The van der Waals surface area contributed by atoms with Crippen LogP contribution in [0.25, 0.3) is 0 Å². The van der Waals surface area contributed by atoms with Crippen molar-refractivity contribution < 1.29 is 4.79 Å². The van der Waals surface area contributed by atoms with Crippen molar-refractivity contribution in [1.82, 2.24) is 30.0 Å². The average molecular weight is 342 g/mol. The van der Waals surface area contributed by atoms with Gasteiger partial charge in [-0.15, -0.1) is 0 Å². The van der Waals surface area contributed by atoms with E-state index in [2.05, 4.69) is 25.1 Å². The lowest BCUT2D eigenvalue weighted by Crippen LogP contribution is -2.44. The van der Waals surface area contributed by atoms with Crippen LogP contribution in [0.2, 0.25) is 0 Å². The molecule has 7 nitrogen and oxygen atoms in total. The van der Waals surface area contributed by atoms with Crippen LogP contribution in [0.15, 0.2) is 24.7 Å². The maximum Gasteiger partial charge on any atom is 0.318 e. The lowest BCUT2D eigenvalue weighted by atomic mass is 10.0. The van der Waals surface area contributed by atoms with E-state index >= 15 is 0 Å². The number of carbonyl (C=O) groups is 1. The van der Waals surface area contributed by atoms with Gasteiger partial charge in [-0.1, -0.05) is 12.8 Å². The van der Waals surface area contributed by atoms with Gasteiger partial charge in [0.2, 0.25) is 0 Å². The van der Waals surface area contributed by atoms with Gasteiger partial charge in [0.15, 0.2) is 0 Å². The summed E-state index contributed by atoms with van der Waals surface area (Å²) >= 11 is 0. The Labute approximate surface area is 147 Å². The molecule has 3 heterocycles. The van der Waals surface area contributed by atoms with E-state index in [4.69, 9.17) is 0 Å². The number of rotatable bonds is 4. The number of nitrogens with one attached hydrogen (secondary N) is 2. The van der Waals surface area contributed by atoms with E-state index in [1.165, 1.54) is 25.7 Å². The lowest BCUT2D eigenvalue weighted by Gasteiger charge is -2.34. The summed E-state index contributed by atoms with van der Waals surface area (Å²) in [5, 5.41) is 7.68. The van der Waals surface area contributed by atoms with Gasteiger partial charge in [0.1, 0.15) is 5.82 Å². The van der Waals surface area contributed by atoms with Crippen LogP contribution in [-0.4, -0.2) is 37.2 Å². The number of piperidine rings is 1. The number of aromatic amines is 1. The van der Waals surface area contributed by atoms with Gasteiger partial charge in [0.25, 0.3) is 0 Å². The van der Waals surface area contributed by atoms with Gasteiger partial charge in [0.05, 0.1) is 24.3 Å². The van der Waals surface area contributed by atoms with Crippen LogP contribution in [0.3, 0.4) is 0 Å². The average Bonchev–Trinajstić information content (AvgIpc) is 3.41. The van der Waals surface area contributed by atoms with E-state index in [0.29, 0.717) is 12.6 Å². The standard InChI is InChI=1S/C18H26N6O/c25-18(23-11-4-3-7-16(23)17-19-9-10-20-17)21-13-14-8-12-24(22-14)15-5-1-2-6-15/h8-10,12,15-16H,1-7,11,13H2,(H,19,20)(H,21,25). The Morgan fingerprint density at radius 1 is 1.24 bits per heavy atom. The first kappa shape index (κ1) is 16.2. The van der Waals surface area contributed by atoms with Gasteiger partial charge >= 0.3 is 6.03 Å². The minimum atomic E-state index is -0.0310. The molecule has 25 heavy (non-hydrogen) atoms. The van der Waals surface area contributed by atoms with E-state index < -0.39 is 0 Å². The first-order valence-corrected chi connectivity index (χ1v) is 9.39. The predicted molar refractivity (Wildman–Crippen MR) is 93.9 cm³/mol. The van der Waals surface area contributed by atoms with Crippen molar-refractivity contribution in [3.8, 4) is 0 Å². The van der Waals surface area contributed by atoms with E-state index in [-0.39, 0.29) is 12.1 Å². The molecule has 4 rings (SSSR count). The number of amides is 2. The molecular formula is C18H26N6O. The first-order valence-electron chi connectivity index (χ1n) is 9.39. The summed E-state index contributed by atoms with van der Waals surface area (Å²) in [5.74, 6) is 0.875. The van der Waals surface area contributed by atoms with Crippen LogP contribution in [0, 0.1) is 0 Å².